The molecule has 8 nitrogen and oxygen atoms in total. The molecule has 0 aliphatic carbocycles. The zero-order valence-electron chi connectivity index (χ0n) is 16.5. The second-order valence-electron chi connectivity index (χ2n) is 6.90. The van der Waals surface area contributed by atoms with Gasteiger partial charge in [-0.3, -0.25) is 9.67 Å². The van der Waals surface area contributed by atoms with Crippen LogP contribution in [0.4, 0.5) is 0 Å². The lowest BCUT2D eigenvalue weighted by atomic mass is 10.1. The van der Waals surface area contributed by atoms with Crippen LogP contribution in [0.2, 0.25) is 0 Å². The Hall–Kier alpha value is -3.00. The van der Waals surface area contributed by atoms with Crippen molar-refractivity contribution in [2.45, 2.75) is 45.8 Å². The monoisotopic (exact) mass is 381 g/mol. The summed E-state index contributed by atoms with van der Waals surface area (Å²) in [4.78, 5) is 9.17. The zero-order valence-corrected chi connectivity index (χ0v) is 16.5. The van der Waals surface area contributed by atoms with Gasteiger partial charge in [0.25, 0.3) is 0 Å². The smallest absolute Gasteiger partial charge is 0.0999 e. The van der Waals surface area contributed by atoms with Crippen LogP contribution in [-0.2, 0) is 0 Å². The highest BCUT2D eigenvalue weighted by Crippen LogP contribution is 2.25. The third-order valence-corrected chi connectivity index (χ3v) is 4.69. The summed E-state index contributed by atoms with van der Waals surface area (Å²) < 4.78 is 3.74. The van der Waals surface area contributed by atoms with E-state index >= 15 is 0 Å². The zero-order chi connectivity index (χ0) is 20.1. The number of aliphatic hydroxyl groups excluding tert-OH is 1. The number of aliphatic imine (C=N–C) groups is 1. The molecule has 1 unspecified atom stereocenters. The van der Waals surface area contributed by atoms with Crippen LogP contribution in [-0.4, -0.2) is 48.3 Å². The summed E-state index contributed by atoms with van der Waals surface area (Å²) in [5.41, 5.74) is 9.81. The molecule has 3 aromatic rings. The molecule has 0 saturated carbocycles. The van der Waals surface area contributed by atoms with Gasteiger partial charge in [-0.2, -0.15) is 10.2 Å². The van der Waals surface area contributed by atoms with E-state index in [1.165, 1.54) is 6.20 Å². The average Bonchev–Trinajstić information content (AvgIpc) is 3.36. The summed E-state index contributed by atoms with van der Waals surface area (Å²) in [6.07, 6.45) is 11.8. The molecular weight excluding hydrogens is 354 g/mol. The molecule has 0 aromatic carbocycles. The maximum Gasteiger partial charge on any atom is 0.0999 e. The van der Waals surface area contributed by atoms with Crippen LogP contribution in [0.5, 0.6) is 0 Å². The molecule has 0 aliphatic rings. The number of nitrogens with zero attached hydrogens (tertiary/aromatic N) is 6. The molecule has 3 N–H and O–H groups in total. The van der Waals surface area contributed by atoms with E-state index < -0.39 is 0 Å². The fourth-order valence-corrected chi connectivity index (χ4v) is 2.79. The predicted octanol–water partition coefficient (Wildman–Crippen LogP) is 2.71. The van der Waals surface area contributed by atoms with Gasteiger partial charge in [0.1, 0.15) is 0 Å². The first-order valence-corrected chi connectivity index (χ1v) is 9.52. The van der Waals surface area contributed by atoms with Crippen molar-refractivity contribution >= 4 is 17.3 Å². The van der Waals surface area contributed by atoms with Gasteiger partial charge in [0.2, 0.25) is 0 Å². The van der Waals surface area contributed by atoms with Crippen molar-refractivity contribution in [3.8, 4) is 11.3 Å². The van der Waals surface area contributed by atoms with Crippen LogP contribution in [0.25, 0.3) is 22.3 Å². The lowest BCUT2D eigenvalue weighted by molar-refractivity contribution is 0.187. The quantitative estimate of drug-likeness (QED) is 0.584. The summed E-state index contributed by atoms with van der Waals surface area (Å²) in [7, 11) is 0. The number of hydrogen-bond donors (Lipinski definition) is 2. The Balaban J connectivity index is 1.98. The van der Waals surface area contributed by atoms with E-state index in [0.717, 1.165) is 23.2 Å². The largest absolute Gasteiger partial charge is 0.404 e. The number of fused-ring (bicyclic) bond motifs is 1. The Labute approximate surface area is 164 Å². The first kappa shape index (κ1) is 19.8. The highest BCUT2D eigenvalue weighted by Gasteiger charge is 2.14. The molecule has 0 saturated heterocycles. The van der Waals surface area contributed by atoms with Gasteiger partial charge < -0.3 is 10.8 Å². The molecule has 3 aromatic heterocycles. The van der Waals surface area contributed by atoms with Crippen molar-refractivity contribution in [2.75, 3.05) is 6.54 Å². The molecule has 0 fully saturated rings. The van der Waals surface area contributed by atoms with Crippen LogP contribution in [0, 0.1) is 0 Å². The number of nitrogens with two attached hydrogens (primary N) is 1. The lowest BCUT2D eigenvalue weighted by Gasteiger charge is -2.09. The van der Waals surface area contributed by atoms with Gasteiger partial charge >= 0.3 is 0 Å². The molecule has 2 atom stereocenters. The van der Waals surface area contributed by atoms with E-state index in [1.807, 2.05) is 29.3 Å². The number of aliphatic hydroxyl groups is 1. The normalized spacial score (nSPS) is 14.8. The number of allylic oxidation sites excluding steroid dienone is 1. The lowest BCUT2D eigenvalue weighted by Crippen LogP contribution is -2.04. The molecule has 0 radical (unpaired) electrons. The SMILES string of the molecule is CCC(C)n1cc(-c2nc(C(C=NCC[C@@H](C)O)=CN)cn3nccc23)cn1. The molecule has 148 valence electrons. The second-order valence-corrected chi connectivity index (χ2v) is 6.90. The Morgan fingerprint density at radius 3 is 2.86 bits per heavy atom. The topological polar surface area (TPSA) is 107 Å². The van der Waals surface area contributed by atoms with Gasteiger partial charge in [0.05, 0.1) is 41.6 Å². The van der Waals surface area contributed by atoms with Crippen molar-refractivity contribution in [2.24, 2.45) is 10.7 Å². The third-order valence-electron chi connectivity index (χ3n) is 4.69. The Kier molecular flexibility index (Phi) is 6.20. The minimum atomic E-state index is -0.380. The van der Waals surface area contributed by atoms with Crippen molar-refractivity contribution in [1.82, 2.24) is 24.4 Å². The van der Waals surface area contributed by atoms with Crippen LogP contribution in [0.15, 0.2) is 42.0 Å². The standard InChI is InChI=1S/C20H27N7O/c1-4-14(2)26-12-17(11-24-26)20-19-6-8-23-27(19)13-18(25-20)16(9-21)10-22-7-5-15(3)28/h6,8-15,28H,4-5,7,21H2,1-3H3/t14?,15-/m1/s1. The Morgan fingerprint density at radius 1 is 1.32 bits per heavy atom. The summed E-state index contributed by atoms with van der Waals surface area (Å²) in [5.74, 6) is 0. The van der Waals surface area contributed by atoms with Gasteiger partial charge in [-0.05, 0) is 32.8 Å². The first-order chi connectivity index (χ1) is 13.5. The van der Waals surface area contributed by atoms with Gasteiger partial charge in [0.15, 0.2) is 0 Å². The molecule has 8 heteroatoms. The number of hydrogen-bond acceptors (Lipinski definition) is 6. The average molecular weight is 381 g/mol. The van der Waals surface area contributed by atoms with Gasteiger partial charge in [-0.15, -0.1) is 0 Å². The highest BCUT2D eigenvalue weighted by molar-refractivity contribution is 6.09. The fourth-order valence-electron chi connectivity index (χ4n) is 2.79. The first-order valence-electron chi connectivity index (χ1n) is 9.52. The molecule has 0 bridgehead atoms. The molecule has 0 spiro atoms. The Morgan fingerprint density at radius 2 is 2.14 bits per heavy atom. The second kappa shape index (κ2) is 8.79. The summed E-state index contributed by atoms with van der Waals surface area (Å²) in [6, 6.07) is 2.24. The van der Waals surface area contributed by atoms with Crippen LogP contribution < -0.4 is 5.73 Å². The molecular formula is C20H27N7O. The van der Waals surface area contributed by atoms with E-state index in [9.17, 15) is 5.11 Å². The molecule has 0 aliphatic heterocycles. The maximum atomic E-state index is 9.36. The summed E-state index contributed by atoms with van der Waals surface area (Å²) in [5, 5.41) is 18.2. The van der Waals surface area contributed by atoms with Crippen LogP contribution in [0.3, 0.4) is 0 Å². The van der Waals surface area contributed by atoms with E-state index in [1.54, 1.807) is 23.9 Å². The van der Waals surface area contributed by atoms with Gasteiger partial charge in [0, 0.05) is 42.3 Å². The van der Waals surface area contributed by atoms with E-state index in [2.05, 4.69) is 29.0 Å². The summed E-state index contributed by atoms with van der Waals surface area (Å²) in [6.45, 7) is 6.53. The minimum absolute atomic E-state index is 0.318. The van der Waals surface area contributed by atoms with Gasteiger partial charge in [-0.1, -0.05) is 6.92 Å². The summed E-state index contributed by atoms with van der Waals surface area (Å²) >= 11 is 0. The fraction of sp³-hybridized carbons (Fsp3) is 0.400. The van der Waals surface area contributed by atoms with Crippen molar-refractivity contribution in [1.29, 1.82) is 0 Å². The van der Waals surface area contributed by atoms with E-state index in [0.29, 0.717) is 30.3 Å². The van der Waals surface area contributed by atoms with Crippen molar-refractivity contribution in [3.05, 3.63) is 42.7 Å². The van der Waals surface area contributed by atoms with E-state index in [4.69, 9.17) is 10.7 Å². The number of rotatable bonds is 8. The minimum Gasteiger partial charge on any atom is -0.404 e. The van der Waals surface area contributed by atoms with Crippen molar-refractivity contribution in [3.63, 3.8) is 0 Å². The van der Waals surface area contributed by atoms with Crippen LogP contribution in [0.1, 0.15) is 45.3 Å². The maximum absolute atomic E-state index is 9.36. The van der Waals surface area contributed by atoms with Crippen LogP contribution >= 0.6 is 0 Å². The molecule has 3 heterocycles. The Bertz CT molecular complexity index is 984. The van der Waals surface area contributed by atoms with Crippen molar-refractivity contribution < 1.29 is 5.11 Å². The van der Waals surface area contributed by atoms with Gasteiger partial charge in [-0.25, -0.2) is 9.50 Å². The molecule has 0 amide bonds. The third kappa shape index (κ3) is 4.28. The predicted molar refractivity (Wildman–Crippen MR) is 111 cm³/mol. The highest BCUT2D eigenvalue weighted by atomic mass is 16.3. The molecule has 3 rings (SSSR count). The van der Waals surface area contributed by atoms with E-state index in [-0.39, 0.29) is 6.10 Å². The number of aromatic nitrogens is 5. The molecule has 28 heavy (non-hydrogen) atoms.